The lowest BCUT2D eigenvalue weighted by Crippen LogP contribution is -2.30. The molecule has 1 aromatic carbocycles. The molecule has 0 radical (unpaired) electrons. The van der Waals surface area contributed by atoms with Crippen molar-refractivity contribution in [3.05, 3.63) is 64.6 Å². The van der Waals surface area contributed by atoms with Crippen LogP contribution >= 0.6 is 11.6 Å². The molecule has 154 valence electrons. The van der Waals surface area contributed by atoms with Crippen LogP contribution in [-0.4, -0.2) is 46.9 Å². The summed E-state index contributed by atoms with van der Waals surface area (Å²) in [6, 6.07) is 9.94. The maximum atomic E-state index is 13.0. The van der Waals surface area contributed by atoms with Gasteiger partial charge >= 0.3 is 0 Å². The van der Waals surface area contributed by atoms with Crippen LogP contribution in [0.2, 0.25) is 5.02 Å². The molecule has 0 bridgehead atoms. The molecule has 2 aliphatic heterocycles. The normalized spacial score (nSPS) is 18.4. The molecule has 0 spiro atoms. The van der Waals surface area contributed by atoms with Crippen LogP contribution in [0.5, 0.6) is 0 Å². The summed E-state index contributed by atoms with van der Waals surface area (Å²) in [5, 5.41) is 8.52. The Labute approximate surface area is 180 Å². The van der Waals surface area contributed by atoms with E-state index < -0.39 is 0 Å². The number of carbonyl (C=O) groups is 1. The van der Waals surface area contributed by atoms with Crippen molar-refractivity contribution in [2.24, 2.45) is 0 Å². The minimum absolute atomic E-state index is 0.0944. The van der Waals surface area contributed by atoms with Gasteiger partial charge in [-0.2, -0.15) is 5.10 Å². The van der Waals surface area contributed by atoms with Gasteiger partial charge < -0.3 is 15.1 Å². The summed E-state index contributed by atoms with van der Waals surface area (Å²) in [5.41, 5.74) is 4.16. The van der Waals surface area contributed by atoms with Gasteiger partial charge in [-0.1, -0.05) is 11.6 Å². The summed E-state index contributed by atoms with van der Waals surface area (Å²) in [4.78, 5) is 21.8. The van der Waals surface area contributed by atoms with E-state index in [2.05, 4.69) is 22.2 Å². The molecule has 1 fully saturated rings. The maximum Gasteiger partial charge on any atom is 0.279 e. The number of halogens is 1. The van der Waals surface area contributed by atoms with Gasteiger partial charge in [-0.15, -0.1) is 0 Å². The number of amides is 1. The van der Waals surface area contributed by atoms with Crippen molar-refractivity contribution in [3.63, 3.8) is 0 Å². The number of aromatic nitrogens is 3. The highest BCUT2D eigenvalue weighted by Crippen LogP contribution is 2.31. The molecule has 1 amide bonds. The van der Waals surface area contributed by atoms with E-state index in [9.17, 15) is 4.79 Å². The van der Waals surface area contributed by atoms with Gasteiger partial charge in [-0.3, -0.25) is 4.79 Å². The van der Waals surface area contributed by atoms with E-state index in [1.165, 1.54) is 0 Å². The zero-order valence-corrected chi connectivity index (χ0v) is 17.7. The topological polar surface area (TPSA) is 66.3 Å². The number of rotatable bonds is 4. The third-order valence-electron chi connectivity index (χ3n) is 5.90. The van der Waals surface area contributed by atoms with Crippen LogP contribution in [0.3, 0.4) is 0 Å². The van der Waals surface area contributed by atoms with Gasteiger partial charge in [-0.25, -0.2) is 9.67 Å². The van der Waals surface area contributed by atoms with E-state index >= 15 is 0 Å². The Morgan fingerprint density at radius 2 is 2.00 bits per heavy atom. The molecular weight excluding hydrogens is 400 g/mol. The van der Waals surface area contributed by atoms with E-state index in [1.54, 1.807) is 15.8 Å². The number of hydrogen-bond acceptors (Lipinski definition) is 5. The number of hydrogen-bond donors (Lipinski definition) is 1. The Balaban J connectivity index is 1.36. The van der Waals surface area contributed by atoms with Crippen LogP contribution < -0.4 is 15.1 Å². The molecule has 4 heterocycles. The minimum Gasteiger partial charge on any atom is -0.355 e. The third kappa shape index (κ3) is 3.24. The van der Waals surface area contributed by atoms with Crippen LogP contribution in [0.4, 0.5) is 11.5 Å². The van der Waals surface area contributed by atoms with Crippen molar-refractivity contribution < 1.29 is 4.79 Å². The van der Waals surface area contributed by atoms with E-state index in [0.29, 0.717) is 23.3 Å². The summed E-state index contributed by atoms with van der Waals surface area (Å²) in [5.74, 6) is 0.900. The first-order chi connectivity index (χ1) is 14.5. The Kier molecular flexibility index (Phi) is 4.72. The van der Waals surface area contributed by atoms with Gasteiger partial charge in [0.25, 0.3) is 5.91 Å². The van der Waals surface area contributed by atoms with Gasteiger partial charge in [0.1, 0.15) is 5.82 Å². The summed E-state index contributed by atoms with van der Waals surface area (Å²) < 4.78 is 1.73. The molecule has 0 aliphatic carbocycles. The molecule has 0 saturated carbocycles. The Bertz CT molecular complexity index is 1110. The molecule has 5 rings (SSSR count). The van der Waals surface area contributed by atoms with E-state index in [-0.39, 0.29) is 5.91 Å². The quantitative estimate of drug-likeness (QED) is 0.699. The lowest BCUT2D eigenvalue weighted by molar-refractivity contribution is 0.0991. The van der Waals surface area contributed by atoms with Gasteiger partial charge in [0.05, 0.1) is 24.1 Å². The molecule has 1 unspecified atom stereocenters. The fraction of sp³-hybridized carbons (Fsp3) is 0.318. The van der Waals surface area contributed by atoms with Crippen molar-refractivity contribution in [2.45, 2.75) is 25.9 Å². The largest absolute Gasteiger partial charge is 0.355 e. The fourth-order valence-electron chi connectivity index (χ4n) is 4.23. The monoisotopic (exact) mass is 422 g/mol. The highest BCUT2D eigenvalue weighted by atomic mass is 35.5. The second-order valence-electron chi connectivity index (χ2n) is 7.87. The first kappa shape index (κ1) is 19.1. The van der Waals surface area contributed by atoms with Gasteiger partial charge in [0, 0.05) is 35.9 Å². The number of nitrogens with one attached hydrogen (secondary N) is 1. The van der Waals surface area contributed by atoms with Crippen molar-refractivity contribution >= 4 is 29.0 Å². The average Bonchev–Trinajstić information content (AvgIpc) is 3.45. The number of anilines is 2. The summed E-state index contributed by atoms with van der Waals surface area (Å²) in [6.07, 6.45) is 4.82. The van der Waals surface area contributed by atoms with Crippen molar-refractivity contribution in [3.8, 4) is 5.69 Å². The standard InChI is InChI=1S/C22H23ClN6O/c1-14-9-19(10-25-21(14)27-8-7-17(13-27)24-2)28-11-15-12-29(26-20(15)22(28)30)18-5-3-16(23)4-6-18/h3-6,9-10,12,17,24H,7-8,11,13H2,1-2H3. The highest BCUT2D eigenvalue weighted by molar-refractivity contribution is 6.30. The van der Waals surface area contributed by atoms with E-state index in [1.807, 2.05) is 43.6 Å². The van der Waals surface area contributed by atoms with Crippen molar-refractivity contribution in [1.82, 2.24) is 20.1 Å². The number of benzene rings is 1. The number of nitrogens with zero attached hydrogens (tertiary/aromatic N) is 5. The molecular formula is C22H23ClN6O. The van der Waals surface area contributed by atoms with Crippen LogP contribution in [-0.2, 0) is 6.54 Å². The minimum atomic E-state index is -0.0944. The summed E-state index contributed by atoms with van der Waals surface area (Å²) in [7, 11) is 2.00. The smallest absolute Gasteiger partial charge is 0.279 e. The third-order valence-corrected chi connectivity index (χ3v) is 6.15. The molecule has 7 nitrogen and oxygen atoms in total. The number of likely N-dealkylation sites (N-methyl/N-ethyl adjacent to an activating group) is 1. The second kappa shape index (κ2) is 7.41. The molecule has 30 heavy (non-hydrogen) atoms. The maximum absolute atomic E-state index is 13.0. The van der Waals surface area contributed by atoms with Gasteiger partial charge in [-0.05, 0) is 56.3 Å². The molecule has 1 atom stereocenters. The number of fused-ring (bicyclic) bond motifs is 1. The Hall–Kier alpha value is -2.90. The Morgan fingerprint density at radius 3 is 2.67 bits per heavy atom. The Morgan fingerprint density at radius 1 is 1.20 bits per heavy atom. The average molecular weight is 423 g/mol. The highest BCUT2D eigenvalue weighted by Gasteiger charge is 2.33. The van der Waals surface area contributed by atoms with E-state index in [4.69, 9.17) is 16.6 Å². The molecule has 1 N–H and O–H groups in total. The number of carbonyl (C=O) groups excluding carboxylic acids is 1. The zero-order chi connectivity index (χ0) is 20.8. The lowest BCUT2D eigenvalue weighted by atomic mass is 10.2. The fourth-order valence-corrected chi connectivity index (χ4v) is 4.36. The summed E-state index contributed by atoms with van der Waals surface area (Å²) in [6.45, 7) is 4.49. The SMILES string of the molecule is CNC1CCN(c2ncc(N3Cc4cn(-c5ccc(Cl)cc5)nc4C3=O)cc2C)C1. The van der Waals surface area contributed by atoms with Gasteiger partial charge in [0.2, 0.25) is 0 Å². The van der Waals surface area contributed by atoms with Gasteiger partial charge in [0.15, 0.2) is 5.69 Å². The molecule has 3 aromatic rings. The van der Waals surface area contributed by atoms with Crippen LogP contribution in [0, 0.1) is 6.92 Å². The summed E-state index contributed by atoms with van der Waals surface area (Å²) >= 11 is 5.96. The predicted octanol–water partition coefficient (Wildman–Crippen LogP) is 3.19. The van der Waals surface area contributed by atoms with Crippen LogP contribution in [0.1, 0.15) is 28.0 Å². The zero-order valence-electron chi connectivity index (χ0n) is 17.0. The first-order valence-corrected chi connectivity index (χ1v) is 10.5. The van der Waals surface area contributed by atoms with Crippen molar-refractivity contribution in [2.75, 3.05) is 29.9 Å². The predicted molar refractivity (Wildman–Crippen MR) is 118 cm³/mol. The van der Waals surface area contributed by atoms with Crippen LogP contribution in [0.25, 0.3) is 5.69 Å². The van der Waals surface area contributed by atoms with Crippen LogP contribution in [0.15, 0.2) is 42.7 Å². The number of aryl methyl sites for hydroxylation is 1. The second-order valence-corrected chi connectivity index (χ2v) is 8.31. The molecule has 2 aromatic heterocycles. The molecule has 1 saturated heterocycles. The molecule has 8 heteroatoms. The number of pyridine rings is 1. The van der Waals surface area contributed by atoms with E-state index in [0.717, 1.165) is 47.8 Å². The molecule has 2 aliphatic rings. The first-order valence-electron chi connectivity index (χ1n) is 10.1. The van der Waals surface area contributed by atoms with Crippen molar-refractivity contribution in [1.29, 1.82) is 0 Å². The lowest BCUT2D eigenvalue weighted by Gasteiger charge is -2.22.